The van der Waals surface area contributed by atoms with Gasteiger partial charge in [-0.3, -0.25) is 9.69 Å². The summed E-state index contributed by atoms with van der Waals surface area (Å²) in [6.45, 7) is 5.98. The standard InChI is InChI=1S/C23H29N3O5S/c27-23(21-5-2-6-22(16-21)32(28,29)26-9-13-31-14-10-26)24-17-19-3-1-4-20(15-19)18-25-7-11-30-12-8-25/h1-6,15-16H,7-14,17-18H2,(H,24,27). The minimum Gasteiger partial charge on any atom is -0.379 e. The number of morpholine rings is 2. The summed E-state index contributed by atoms with van der Waals surface area (Å²) in [7, 11) is -3.65. The van der Waals surface area contributed by atoms with Gasteiger partial charge in [0.1, 0.15) is 0 Å². The van der Waals surface area contributed by atoms with E-state index in [9.17, 15) is 13.2 Å². The lowest BCUT2D eigenvalue weighted by atomic mass is 10.1. The van der Waals surface area contributed by atoms with Gasteiger partial charge in [0.25, 0.3) is 5.91 Å². The smallest absolute Gasteiger partial charge is 0.251 e. The van der Waals surface area contributed by atoms with Gasteiger partial charge >= 0.3 is 0 Å². The fourth-order valence-corrected chi connectivity index (χ4v) is 5.33. The minimum absolute atomic E-state index is 0.125. The van der Waals surface area contributed by atoms with Crippen molar-refractivity contribution in [1.29, 1.82) is 0 Å². The van der Waals surface area contributed by atoms with Crippen LogP contribution in [0.2, 0.25) is 0 Å². The predicted molar refractivity (Wildman–Crippen MR) is 120 cm³/mol. The van der Waals surface area contributed by atoms with Crippen molar-refractivity contribution in [3.8, 4) is 0 Å². The molecule has 1 N–H and O–H groups in total. The Morgan fingerprint density at radius 2 is 1.53 bits per heavy atom. The average Bonchev–Trinajstić information content (AvgIpc) is 2.84. The van der Waals surface area contributed by atoms with E-state index in [1.807, 2.05) is 12.1 Å². The normalized spacial score (nSPS) is 18.4. The summed E-state index contributed by atoms with van der Waals surface area (Å²) in [5, 5.41) is 2.90. The van der Waals surface area contributed by atoms with E-state index >= 15 is 0 Å². The molecule has 2 heterocycles. The van der Waals surface area contributed by atoms with Crippen molar-refractivity contribution in [3.05, 3.63) is 65.2 Å². The van der Waals surface area contributed by atoms with Gasteiger partial charge in [0.2, 0.25) is 10.0 Å². The van der Waals surface area contributed by atoms with Gasteiger partial charge in [-0.25, -0.2) is 8.42 Å². The maximum Gasteiger partial charge on any atom is 0.251 e. The zero-order chi connectivity index (χ0) is 22.4. The molecule has 0 spiro atoms. The van der Waals surface area contributed by atoms with E-state index in [1.54, 1.807) is 12.1 Å². The van der Waals surface area contributed by atoms with Crippen LogP contribution in [0.4, 0.5) is 0 Å². The summed E-state index contributed by atoms with van der Waals surface area (Å²) in [5.41, 5.74) is 2.52. The van der Waals surface area contributed by atoms with Gasteiger partial charge in [-0.15, -0.1) is 0 Å². The molecule has 2 aromatic carbocycles. The van der Waals surface area contributed by atoms with Crippen LogP contribution in [0.25, 0.3) is 0 Å². The molecule has 4 rings (SSSR count). The van der Waals surface area contributed by atoms with Crippen molar-refractivity contribution < 1.29 is 22.7 Å². The van der Waals surface area contributed by atoms with Crippen LogP contribution in [-0.2, 0) is 32.6 Å². The van der Waals surface area contributed by atoms with Gasteiger partial charge in [0.15, 0.2) is 0 Å². The molecule has 0 aromatic heterocycles. The third-order valence-electron chi connectivity index (χ3n) is 5.66. The van der Waals surface area contributed by atoms with Crippen molar-refractivity contribution >= 4 is 15.9 Å². The number of benzene rings is 2. The van der Waals surface area contributed by atoms with Crippen molar-refractivity contribution in [2.24, 2.45) is 0 Å². The lowest BCUT2D eigenvalue weighted by Gasteiger charge is -2.26. The number of sulfonamides is 1. The van der Waals surface area contributed by atoms with E-state index in [1.165, 1.54) is 22.0 Å². The topological polar surface area (TPSA) is 88.2 Å². The maximum absolute atomic E-state index is 12.9. The molecule has 32 heavy (non-hydrogen) atoms. The number of hydrogen-bond acceptors (Lipinski definition) is 6. The number of carbonyl (C=O) groups is 1. The molecule has 2 aliphatic rings. The fourth-order valence-electron chi connectivity index (χ4n) is 3.87. The highest BCUT2D eigenvalue weighted by molar-refractivity contribution is 7.89. The molecule has 0 atom stereocenters. The molecule has 0 radical (unpaired) electrons. The Labute approximate surface area is 189 Å². The third kappa shape index (κ3) is 5.73. The number of nitrogens with zero attached hydrogens (tertiary/aromatic N) is 2. The first-order chi connectivity index (χ1) is 15.5. The minimum atomic E-state index is -3.65. The first-order valence-corrected chi connectivity index (χ1v) is 12.3. The molecule has 2 aromatic rings. The highest BCUT2D eigenvalue weighted by Gasteiger charge is 2.26. The molecule has 2 fully saturated rings. The molecule has 2 aliphatic heterocycles. The maximum atomic E-state index is 12.9. The van der Waals surface area contributed by atoms with Crippen LogP contribution in [0, 0.1) is 0 Å². The Kier molecular flexibility index (Phi) is 7.54. The first kappa shape index (κ1) is 22.9. The Bertz CT molecular complexity index is 1030. The lowest BCUT2D eigenvalue weighted by Crippen LogP contribution is -2.40. The zero-order valence-corrected chi connectivity index (χ0v) is 18.9. The number of amides is 1. The first-order valence-electron chi connectivity index (χ1n) is 10.9. The van der Waals surface area contributed by atoms with Crippen LogP contribution in [0.15, 0.2) is 53.4 Å². The predicted octanol–water partition coefficient (Wildman–Crippen LogP) is 1.47. The van der Waals surface area contributed by atoms with Gasteiger partial charge in [-0.2, -0.15) is 4.31 Å². The number of hydrogen-bond donors (Lipinski definition) is 1. The Balaban J connectivity index is 1.38. The molecule has 0 bridgehead atoms. The summed E-state index contributed by atoms with van der Waals surface area (Å²) < 4.78 is 37.8. The largest absolute Gasteiger partial charge is 0.379 e. The summed E-state index contributed by atoms with van der Waals surface area (Å²) in [6, 6.07) is 14.3. The van der Waals surface area contributed by atoms with E-state index in [4.69, 9.17) is 9.47 Å². The molecule has 2 saturated heterocycles. The molecule has 9 heteroatoms. The van der Waals surface area contributed by atoms with E-state index in [2.05, 4.69) is 22.3 Å². The quantitative estimate of drug-likeness (QED) is 0.675. The van der Waals surface area contributed by atoms with Gasteiger partial charge < -0.3 is 14.8 Å². The van der Waals surface area contributed by atoms with Crippen LogP contribution < -0.4 is 5.32 Å². The van der Waals surface area contributed by atoms with E-state index < -0.39 is 10.0 Å². The lowest BCUT2D eigenvalue weighted by molar-refractivity contribution is 0.0342. The molecule has 0 unspecified atom stereocenters. The monoisotopic (exact) mass is 459 g/mol. The van der Waals surface area contributed by atoms with Crippen LogP contribution in [0.5, 0.6) is 0 Å². The van der Waals surface area contributed by atoms with Gasteiger partial charge in [-0.05, 0) is 29.3 Å². The summed E-state index contributed by atoms with van der Waals surface area (Å²) >= 11 is 0. The van der Waals surface area contributed by atoms with Crippen molar-refractivity contribution in [2.45, 2.75) is 18.0 Å². The fraction of sp³-hybridized carbons (Fsp3) is 0.435. The van der Waals surface area contributed by atoms with Crippen LogP contribution in [0.1, 0.15) is 21.5 Å². The zero-order valence-electron chi connectivity index (χ0n) is 18.0. The molecule has 0 aliphatic carbocycles. The van der Waals surface area contributed by atoms with Crippen LogP contribution in [-0.4, -0.2) is 76.1 Å². The molecule has 1 amide bonds. The van der Waals surface area contributed by atoms with Crippen LogP contribution in [0.3, 0.4) is 0 Å². The molecular formula is C23H29N3O5S. The summed E-state index contributed by atoms with van der Waals surface area (Å²) in [6.07, 6.45) is 0. The van der Waals surface area contributed by atoms with Crippen molar-refractivity contribution in [1.82, 2.24) is 14.5 Å². The Morgan fingerprint density at radius 1 is 0.875 bits per heavy atom. The second kappa shape index (κ2) is 10.5. The number of carbonyl (C=O) groups excluding carboxylic acids is 1. The van der Waals surface area contributed by atoms with Crippen LogP contribution >= 0.6 is 0 Å². The molecule has 8 nitrogen and oxygen atoms in total. The number of nitrogens with one attached hydrogen (secondary N) is 1. The van der Waals surface area contributed by atoms with Gasteiger partial charge in [0, 0.05) is 44.8 Å². The van der Waals surface area contributed by atoms with E-state index in [0.717, 1.165) is 38.4 Å². The highest BCUT2D eigenvalue weighted by Crippen LogP contribution is 2.18. The van der Waals surface area contributed by atoms with Crippen molar-refractivity contribution in [2.75, 3.05) is 52.6 Å². The van der Waals surface area contributed by atoms with Gasteiger partial charge in [0.05, 0.1) is 31.3 Å². The van der Waals surface area contributed by atoms with E-state index in [0.29, 0.717) is 38.4 Å². The molecule has 0 saturated carbocycles. The average molecular weight is 460 g/mol. The summed E-state index contributed by atoms with van der Waals surface area (Å²) in [4.78, 5) is 15.2. The van der Waals surface area contributed by atoms with Gasteiger partial charge in [-0.1, -0.05) is 30.3 Å². The Hall–Kier alpha value is -2.30. The van der Waals surface area contributed by atoms with E-state index in [-0.39, 0.29) is 10.8 Å². The summed E-state index contributed by atoms with van der Waals surface area (Å²) in [5.74, 6) is -0.303. The second-order valence-electron chi connectivity index (χ2n) is 7.94. The SMILES string of the molecule is O=C(NCc1cccc(CN2CCOCC2)c1)c1cccc(S(=O)(=O)N2CCOCC2)c1. The third-order valence-corrected chi connectivity index (χ3v) is 7.55. The highest BCUT2D eigenvalue weighted by atomic mass is 32.2. The molecular weight excluding hydrogens is 430 g/mol. The van der Waals surface area contributed by atoms with Crippen molar-refractivity contribution in [3.63, 3.8) is 0 Å². The number of rotatable bonds is 7. The number of ether oxygens (including phenoxy) is 2. The second-order valence-corrected chi connectivity index (χ2v) is 9.87. The molecule has 172 valence electrons. The Morgan fingerprint density at radius 3 is 2.28 bits per heavy atom.